The van der Waals surface area contributed by atoms with Crippen LogP contribution in [0, 0.1) is 0 Å². The summed E-state index contributed by atoms with van der Waals surface area (Å²) in [5.41, 5.74) is 3.92. The van der Waals surface area contributed by atoms with Crippen molar-refractivity contribution in [2.75, 3.05) is 7.11 Å². The molecule has 0 amide bonds. The molecule has 108 valence electrons. The molecular formula is C16H18N4O. The van der Waals surface area contributed by atoms with Gasteiger partial charge in [0.05, 0.1) is 24.5 Å². The van der Waals surface area contributed by atoms with E-state index >= 15 is 0 Å². The van der Waals surface area contributed by atoms with Crippen LogP contribution in [-0.4, -0.2) is 27.3 Å². The second-order valence-corrected chi connectivity index (χ2v) is 4.97. The second kappa shape index (κ2) is 5.91. The molecule has 0 saturated carbocycles. The van der Waals surface area contributed by atoms with Gasteiger partial charge < -0.3 is 4.74 Å². The number of hydrogen-bond acceptors (Lipinski definition) is 4. The molecule has 1 N–H and O–H groups in total. The van der Waals surface area contributed by atoms with Crippen molar-refractivity contribution in [3.63, 3.8) is 0 Å². The highest BCUT2D eigenvalue weighted by molar-refractivity contribution is 5.94. The number of rotatable bonds is 5. The van der Waals surface area contributed by atoms with Gasteiger partial charge in [0, 0.05) is 29.0 Å². The van der Waals surface area contributed by atoms with Crippen LogP contribution in [0.25, 0.3) is 22.2 Å². The molecule has 0 aliphatic rings. The first-order valence-electron chi connectivity index (χ1n) is 7.15. The van der Waals surface area contributed by atoms with Crippen LogP contribution in [0.1, 0.15) is 25.5 Å². The minimum Gasteiger partial charge on any atom is -0.495 e. The van der Waals surface area contributed by atoms with Crippen LogP contribution in [0.15, 0.2) is 30.7 Å². The predicted molar refractivity (Wildman–Crippen MR) is 82.3 cm³/mol. The SMILES string of the molecule is CCCCc1[nH]nc2ccnc(-c3cncc(OC)c3)c12. The van der Waals surface area contributed by atoms with Crippen molar-refractivity contribution in [1.82, 2.24) is 20.2 Å². The van der Waals surface area contributed by atoms with Crippen molar-refractivity contribution in [2.24, 2.45) is 0 Å². The Balaban J connectivity index is 2.14. The number of aromatic amines is 1. The highest BCUT2D eigenvalue weighted by Crippen LogP contribution is 2.29. The van der Waals surface area contributed by atoms with E-state index in [0.29, 0.717) is 0 Å². The molecule has 21 heavy (non-hydrogen) atoms. The summed E-state index contributed by atoms with van der Waals surface area (Å²) < 4.78 is 5.25. The average molecular weight is 282 g/mol. The zero-order valence-electron chi connectivity index (χ0n) is 12.3. The number of fused-ring (bicyclic) bond motifs is 1. The quantitative estimate of drug-likeness (QED) is 0.779. The van der Waals surface area contributed by atoms with Crippen molar-refractivity contribution in [3.8, 4) is 17.0 Å². The number of H-pyrrole nitrogens is 1. The minimum atomic E-state index is 0.727. The molecule has 0 bridgehead atoms. The van der Waals surface area contributed by atoms with Crippen molar-refractivity contribution < 1.29 is 4.74 Å². The first-order valence-corrected chi connectivity index (χ1v) is 7.15. The summed E-state index contributed by atoms with van der Waals surface area (Å²) in [7, 11) is 1.64. The normalized spacial score (nSPS) is 11.0. The Morgan fingerprint density at radius 1 is 1.29 bits per heavy atom. The molecule has 0 atom stereocenters. The van der Waals surface area contributed by atoms with Gasteiger partial charge in [0.1, 0.15) is 5.75 Å². The maximum atomic E-state index is 5.25. The molecule has 0 aliphatic carbocycles. The van der Waals surface area contributed by atoms with Gasteiger partial charge in [0.2, 0.25) is 0 Å². The minimum absolute atomic E-state index is 0.727. The van der Waals surface area contributed by atoms with Gasteiger partial charge in [-0.15, -0.1) is 0 Å². The van der Waals surface area contributed by atoms with Gasteiger partial charge in [-0.2, -0.15) is 5.10 Å². The molecule has 0 saturated heterocycles. The van der Waals surface area contributed by atoms with E-state index in [-0.39, 0.29) is 0 Å². The van der Waals surface area contributed by atoms with E-state index in [9.17, 15) is 0 Å². The maximum absolute atomic E-state index is 5.25. The van der Waals surface area contributed by atoms with E-state index in [1.165, 1.54) is 0 Å². The highest BCUT2D eigenvalue weighted by atomic mass is 16.5. The fraction of sp³-hybridized carbons (Fsp3) is 0.312. The molecule has 5 nitrogen and oxygen atoms in total. The summed E-state index contributed by atoms with van der Waals surface area (Å²) in [6, 6.07) is 3.88. The fourth-order valence-electron chi connectivity index (χ4n) is 2.44. The number of aromatic nitrogens is 4. The molecule has 3 aromatic rings. The fourth-order valence-corrected chi connectivity index (χ4v) is 2.44. The van der Waals surface area contributed by atoms with Gasteiger partial charge in [0.15, 0.2) is 0 Å². The standard InChI is InChI=1S/C16H18N4O/c1-3-4-5-13-15-14(20-19-13)6-7-18-16(15)11-8-12(21-2)10-17-9-11/h6-10H,3-5H2,1-2H3,(H,19,20). The lowest BCUT2D eigenvalue weighted by Crippen LogP contribution is -1.92. The zero-order chi connectivity index (χ0) is 14.7. The van der Waals surface area contributed by atoms with E-state index in [1.54, 1.807) is 25.7 Å². The first kappa shape index (κ1) is 13.5. The number of nitrogens with zero attached hydrogens (tertiary/aromatic N) is 3. The Morgan fingerprint density at radius 3 is 3.00 bits per heavy atom. The number of hydrogen-bond donors (Lipinski definition) is 1. The van der Waals surface area contributed by atoms with Gasteiger partial charge >= 0.3 is 0 Å². The maximum Gasteiger partial charge on any atom is 0.137 e. The molecule has 0 aliphatic heterocycles. The lowest BCUT2D eigenvalue weighted by atomic mass is 10.0. The van der Waals surface area contributed by atoms with E-state index in [1.807, 2.05) is 12.1 Å². The van der Waals surface area contributed by atoms with Crippen LogP contribution in [-0.2, 0) is 6.42 Å². The lowest BCUT2D eigenvalue weighted by molar-refractivity contribution is 0.413. The second-order valence-electron chi connectivity index (χ2n) is 4.97. The van der Waals surface area contributed by atoms with Crippen LogP contribution in [0.5, 0.6) is 5.75 Å². The third-order valence-electron chi connectivity index (χ3n) is 3.54. The molecular weight excluding hydrogens is 264 g/mol. The van der Waals surface area contributed by atoms with Crippen molar-refractivity contribution in [2.45, 2.75) is 26.2 Å². The topological polar surface area (TPSA) is 63.7 Å². The van der Waals surface area contributed by atoms with Gasteiger partial charge in [-0.25, -0.2) is 0 Å². The smallest absolute Gasteiger partial charge is 0.137 e. The molecule has 0 unspecified atom stereocenters. The highest BCUT2D eigenvalue weighted by Gasteiger charge is 2.13. The van der Waals surface area contributed by atoms with Gasteiger partial charge in [-0.05, 0) is 25.0 Å². The summed E-state index contributed by atoms with van der Waals surface area (Å²) in [4.78, 5) is 8.76. The Bertz CT molecular complexity index is 751. The largest absolute Gasteiger partial charge is 0.495 e. The number of nitrogens with one attached hydrogen (secondary N) is 1. The summed E-state index contributed by atoms with van der Waals surface area (Å²) in [6.07, 6.45) is 8.53. The Labute approximate surface area is 123 Å². The van der Waals surface area contributed by atoms with Crippen molar-refractivity contribution in [3.05, 3.63) is 36.4 Å². The molecule has 0 aromatic carbocycles. The van der Waals surface area contributed by atoms with E-state index < -0.39 is 0 Å². The molecule has 0 fully saturated rings. The molecule has 5 heteroatoms. The number of ether oxygens (including phenoxy) is 1. The van der Waals surface area contributed by atoms with Crippen LogP contribution in [0.4, 0.5) is 0 Å². The summed E-state index contributed by atoms with van der Waals surface area (Å²) in [5, 5.41) is 8.61. The summed E-state index contributed by atoms with van der Waals surface area (Å²) in [6.45, 7) is 2.18. The number of methoxy groups -OCH3 is 1. The molecule has 0 radical (unpaired) electrons. The number of pyridine rings is 2. The molecule has 3 aromatic heterocycles. The third-order valence-corrected chi connectivity index (χ3v) is 3.54. The van der Waals surface area contributed by atoms with Crippen LogP contribution in [0.3, 0.4) is 0 Å². The van der Waals surface area contributed by atoms with E-state index in [0.717, 1.165) is 52.9 Å². The zero-order valence-corrected chi connectivity index (χ0v) is 12.3. The Hall–Kier alpha value is -2.43. The molecule has 3 heterocycles. The van der Waals surface area contributed by atoms with Gasteiger partial charge in [0.25, 0.3) is 0 Å². The van der Waals surface area contributed by atoms with Gasteiger partial charge in [-0.1, -0.05) is 13.3 Å². The van der Waals surface area contributed by atoms with Crippen LogP contribution in [0.2, 0.25) is 0 Å². The van der Waals surface area contributed by atoms with E-state index in [4.69, 9.17) is 4.74 Å². The molecule has 0 spiro atoms. The first-order chi connectivity index (χ1) is 10.3. The monoisotopic (exact) mass is 282 g/mol. The average Bonchev–Trinajstić information content (AvgIpc) is 2.96. The summed E-state index contributed by atoms with van der Waals surface area (Å²) in [5.74, 6) is 0.727. The van der Waals surface area contributed by atoms with Crippen molar-refractivity contribution >= 4 is 10.9 Å². The lowest BCUT2D eigenvalue weighted by Gasteiger charge is -2.06. The molecule has 3 rings (SSSR count). The van der Waals surface area contributed by atoms with Crippen LogP contribution < -0.4 is 4.74 Å². The summed E-state index contributed by atoms with van der Waals surface area (Å²) >= 11 is 0. The predicted octanol–water partition coefficient (Wildman–Crippen LogP) is 3.37. The Morgan fingerprint density at radius 2 is 2.19 bits per heavy atom. The number of unbranched alkanes of at least 4 members (excludes halogenated alkanes) is 1. The van der Waals surface area contributed by atoms with Gasteiger partial charge in [-0.3, -0.25) is 15.1 Å². The van der Waals surface area contributed by atoms with Crippen molar-refractivity contribution in [1.29, 1.82) is 0 Å². The number of aryl methyl sites for hydroxylation is 1. The Kier molecular flexibility index (Phi) is 3.81. The van der Waals surface area contributed by atoms with Crippen LogP contribution >= 0.6 is 0 Å². The third kappa shape index (κ3) is 2.59. The van der Waals surface area contributed by atoms with E-state index in [2.05, 4.69) is 27.1 Å².